The molecule has 0 spiro atoms. The maximum atomic E-state index is 13.2. The van der Waals surface area contributed by atoms with Crippen LogP contribution in [0.25, 0.3) is 22.9 Å². The predicted molar refractivity (Wildman–Crippen MR) is 63.5 cm³/mol. The Labute approximate surface area is 105 Å². The molecule has 0 atom stereocenters. The Bertz CT molecular complexity index is 781. The third kappa shape index (κ3) is 2.25. The van der Waals surface area contributed by atoms with Crippen molar-refractivity contribution in [3.05, 3.63) is 52.9 Å². The van der Waals surface area contributed by atoms with E-state index in [1.54, 1.807) is 18.2 Å². The molecule has 0 aliphatic heterocycles. The number of H-pyrrole nitrogens is 1. The van der Waals surface area contributed by atoms with Crippen LogP contribution in [0.5, 0.6) is 0 Å². The van der Waals surface area contributed by atoms with Crippen LogP contribution in [0, 0.1) is 5.82 Å². The van der Waals surface area contributed by atoms with Gasteiger partial charge in [0.05, 0.1) is 5.69 Å². The molecule has 0 aliphatic rings. The summed E-state index contributed by atoms with van der Waals surface area (Å²) in [5.74, 6) is -0.710. The summed E-state index contributed by atoms with van der Waals surface area (Å²) in [5.41, 5.74) is 1.13. The maximum absolute atomic E-state index is 13.2. The Morgan fingerprint density at radius 2 is 2.16 bits per heavy atom. The molecular formula is C12H7FN4O2. The molecule has 1 aromatic carbocycles. The Morgan fingerprint density at radius 1 is 1.26 bits per heavy atom. The fourth-order valence-electron chi connectivity index (χ4n) is 1.61. The van der Waals surface area contributed by atoms with E-state index in [2.05, 4.69) is 24.6 Å². The van der Waals surface area contributed by atoms with Gasteiger partial charge in [-0.15, -0.1) is 0 Å². The lowest BCUT2D eigenvalue weighted by Gasteiger charge is -2.01. The highest BCUT2D eigenvalue weighted by Gasteiger charge is 2.09. The van der Waals surface area contributed by atoms with Gasteiger partial charge in [-0.1, -0.05) is 17.3 Å². The standard InChI is InChI=1S/C12H7FN4O2/c13-8-3-1-2-7(6-8)9-4-5-14-10(15-9)11-16-12(18)19-17-11/h1-6H,(H,16,17,18). The lowest BCUT2D eigenvalue weighted by molar-refractivity contribution is 0.387. The van der Waals surface area contributed by atoms with E-state index in [1.807, 2.05) is 0 Å². The summed E-state index contributed by atoms with van der Waals surface area (Å²) in [4.78, 5) is 21.4. The number of benzene rings is 1. The second-order valence-electron chi connectivity index (χ2n) is 3.72. The number of hydrogen-bond donors (Lipinski definition) is 1. The lowest BCUT2D eigenvalue weighted by atomic mass is 10.1. The van der Waals surface area contributed by atoms with Crippen molar-refractivity contribution in [1.29, 1.82) is 0 Å². The molecule has 0 saturated heterocycles. The van der Waals surface area contributed by atoms with Crippen molar-refractivity contribution in [2.75, 3.05) is 0 Å². The van der Waals surface area contributed by atoms with Gasteiger partial charge in [0, 0.05) is 11.8 Å². The minimum atomic E-state index is -0.685. The van der Waals surface area contributed by atoms with E-state index in [-0.39, 0.29) is 17.5 Å². The molecular weight excluding hydrogens is 251 g/mol. The molecule has 7 heteroatoms. The van der Waals surface area contributed by atoms with Gasteiger partial charge < -0.3 is 0 Å². The number of nitrogens with zero attached hydrogens (tertiary/aromatic N) is 3. The molecule has 0 saturated carbocycles. The lowest BCUT2D eigenvalue weighted by Crippen LogP contribution is -1.97. The van der Waals surface area contributed by atoms with Crippen LogP contribution in [0.2, 0.25) is 0 Å². The molecule has 0 fully saturated rings. The molecule has 0 unspecified atom stereocenters. The van der Waals surface area contributed by atoms with Crippen molar-refractivity contribution in [3.8, 4) is 22.9 Å². The summed E-state index contributed by atoms with van der Waals surface area (Å²) in [6.07, 6.45) is 1.50. The van der Waals surface area contributed by atoms with Crippen LogP contribution < -0.4 is 5.76 Å². The van der Waals surface area contributed by atoms with E-state index in [1.165, 1.54) is 18.3 Å². The fourth-order valence-corrected chi connectivity index (χ4v) is 1.61. The first kappa shape index (κ1) is 11.3. The number of rotatable bonds is 2. The molecule has 6 nitrogen and oxygen atoms in total. The van der Waals surface area contributed by atoms with Gasteiger partial charge >= 0.3 is 5.76 Å². The maximum Gasteiger partial charge on any atom is 0.439 e. The first-order chi connectivity index (χ1) is 9.22. The normalized spacial score (nSPS) is 10.6. The number of aromatic nitrogens is 4. The van der Waals surface area contributed by atoms with Gasteiger partial charge in [-0.2, -0.15) is 0 Å². The van der Waals surface area contributed by atoms with Gasteiger partial charge in [0.2, 0.25) is 5.82 Å². The topological polar surface area (TPSA) is 84.7 Å². The summed E-state index contributed by atoms with van der Waals surface area (Å²) in [6, 6.07) is 7.65. The molecule has 2 heterocycles. The third-order valence-corrected chi connectivity index (χ3v) is 2.43. The zero-order valence-corrected chi connectivity index (χ0v) is 9.50. The van der Waals surface area contributed by atoms with E-state index in [0.717, 1.165) is 0 Å². The monoisotopic (exact) mass is 258 g/mol. The summed E-state index contributed by atoms with van der Waals surface area (Å²) < 4.78 is 17.5. The van der Waals surface area contributed by atoms with Crippen LogP contribution in [0.1, 0.15) is 0 Å². The van der Waals surface area contributed by atoms with Crippen LogP contribution in [-0.4, -0.2) is 20.1 Å². The van der Waals surface area contributed by atoms with Crippen molar-refractivity contribution >= 4 is 0 Å². The number of nitrogens with one attached hydrogen (secondary N) is 1. The largest absolute Gasteiger partial charge is 0.439 e. The van der Waals surface area contributed by atoms with Crippen molar-refractivity contribution in [1.82, 2.24) is 20.1 Å². The van der Waals surface area contributed by atoms with Crippen LogP contribution >= 0.6 is 0 Å². The minimum absolute atomic E-state index is 0.128. The Hall–Kier alpha value is -2.83. The first-order valence-corrected chi connectivity index (χ1v) is 5.38. The molecule has 0 radical (unpaired) electrons. The van der Waals surface area contributed by atoms with Crippen molar-refractivity contribution in [2.45, 2.75) is 0 Å². The Morgan fingerprint density at radius 3 is 2.89 bits per heavy atom. The van der Waals surface area contributed by atoms with Crippen LogP contribution in [0.4, 0.5) is 4.39 Å². The van der Waals surface area contributed by atoms with E-state index in [9.17, 15) is 9.18 Å². The Balaban J connectivity index is 2.07. The van der Waals surface area contributed by atoms with Crippen LogP contribution in [-0.2, 0) is 0 Å². The molecule has 0 bridgehead atoms. The highest BCUT2D eigenvalue weighted by atomic mass is 19.1. The fraction of sp³-hybridized carbons (Fsp3) is 0. The van der Waals surface area contributed by atoms with Gasteiger partial charge in [-0.05, 0) is 18.2 Å². The van der Waals surface area contributed by atoms with Gasteiger partial charge in [-0.3, -0.25) is 9.51 Å². The zero-order valence-electron chi connectivity index (χ0n) is 9.50. The van der Waals surface area contributed by atoms with E-state index < -0.39 is 5.76 Å². The van der Waals surface area contributed by atoms with E-state index in [0.29, 0.717) is 11.3 Å². The zero-order chi connectivity index (χ0) is 13.2. The second kappa shape index (κ2) is 4.45. The number of halogens is 1. The highest BCUT2D eigenvalue weighted by Crippen LogP contribution is 2.19. The minimum Gasteiger partial charge on any atom is -0.295 e. The van der Waals surface area contributed by atoms with Crippen LogP contribution in [0.15, 0.2) is 45.8 Å². The number of hydrogen-bond acceptors (Lipinski definition) is 5. The molecule has 19 heavy (non-hydrogen) atoms. The molecule has 3 aromatic rings. The van der Waals surface area contributed by atoms with Crippen LogP contribution in [0.3, 0.4) is 0 Å². The molecule has 1 N–H and O–H groups in total. The summed E-state index contributed by atoms with van der Waals surface area (Å²) in [6.45, 7) is 0. The first-order valence-electron chi connectivity index (χ1n) is 5.38. The predicted octanol–water partition coefficient (Wildman–Crippen LogP) is 1.63. The highest BCUT2D eigenvalue weighted by molar-refractivity contribution is 5.60. The van der Waals surface area contributed by atoms with Gasteiger partial charge in [0.25, 0.3) is 0 Å². The van der Waals surface area contributed by atoms with Gasteiger partial charge in [0.15, 0.2) is 5.82 Å². The van der Waals surface area contributed by atoms with Crippen molar-refractivity contribution in [3.63, 3.8) is 0 Å². The second-order valence-corrected chi connectivity index (χ2v) is 3.72. The molecule has 2 aromatic heterocycles. The number of aromatic amines is 1. The average Bonchev–Trinajstić information content (AvgIpc) is 2.86. The SMILES string of the molecule is O=c1[nH]c(-c2nccc(-c3cccc(F)c3)n2)no1. The summed E-state index contributed by atoms with van der Waals surface area (Å²) in [7, 11) is 0. The third-order valence-electron chi connectivity index (χ3n) is 2.43. The van der Waals surface area contributed by atoms with Crippen molar-refractivity contribution < 1.29 is 8.91 Å². The van der Waals surface area contributed by atoms with E-state index >= 15 is 0 Å². The quantitative estimate of drug-likeness (QED) is 0.755. The Kier molecular flexibility index (Phi) is 2.64. The average molecular weight is 258 g/mol. The van der Waals surface area contributed by atoms with Gasteiger partial charge in [0.1, 0.15) is 5.82 Å². The summed E-state index contributed by atoms with van der Waals surface area (Å²) in [5, 5.41) is 3.50. The summed E-state index contributed by atoms with van der Waals surface area (Å²) >= 11 is 0. The molecule has 3 rings (SSSR count). The van der Waals surface area contributed by atoms with E-state index in [4.69, 9.17) is 0 Å². The van der Waals surface area contributed by atoms with Gasteiger partial charge in [-0.25, -0.2) is 19.2 Å². The van der Waals surface area contributed by atoms with Crippen molar-refractivity contribution in [2.24, 2.45) is 0 Å². The molecule has 0 amide bonds. The molecule has 0 aliphatic carbocycles. The molecule has 94 valence electrons. The smallest absolute Gasteiger partial charge is 0.295 e.